The van der Waals surface area contributed by atoms with Crippen molar-refractivity contribution in [1.82, 2.24) is 9.97 Å². The monoisotopic (exact) mass is 501 g/mol. The van der Waals surface area contributed by atoms with Crippen molar-refractivity contribution in [3.63, 3.8) is 0 Å². The summed E-state index contributed by atoms with van der Waals surface area (Å²) in [5, 5.41) is 11.1. The number of ether oxygens (including phenoxy) is 1. The van der Waals surface area contributed by atoms with E-state index in [9.17, 15) is 18.0 Å². The van der Waals surface area contributed by atoms with Gasteiger partial charge >= 0.3 is 12.1 Å². The van der Waals surface area contributed by atoms with E-state index in [0.717, 1.165) is 30.2 Å². The summed E-state index contributed by atoms with van der Waals surface area (Å²) in [6, 6.07) is 7.27. The van der Waals surface area contributed by atoms with Crippen molar-refractivity contribution in [2.45, 2.75) is 32.1 Å². The van der Waals surface area contributed by atoms with Gasteiger partial charge in [0, 0.05) is 18.1 Å². The number of nitrogens with zero attached hydrogens (tertiary/aromatic N) is 4. The number of hydrogen-bond acceptors (Lipinski definition) is 7. The average Bonchev–Trinajstić information content (AvgIpc) is 2.82. The van der Waals surface area contributed by atoms with E-state index in [-0.39, 0.29) is 11.9 Å². The van der Waals surface area contributed by atoms with E-state index in [2.05, 4.69) is 20.2 Å². The van der Waals surface area contributed by atoms with Gasteiger partial charge in [-0.05, 0) is 24.1 Å². The predicted molar refractivity (Wildman–Crippen MR) is 119 cm³/mol. The standard InChI is InChI=1S/C19H22ClN5O2.C2HF3O2/c1-2-15-19(26)25(11-13-3-5-14(20)6-4-13)16-17(23-15)21-12-22-18(16)24-7-9-27-10-8-24;3-2(4,5)1(6)7/h3-6,12,15H,2,7-11H2,1H3,(H,21,22,23);(H,6,7). The van der Waals surface area contributed by atoms with Crippen LogP contribution in [0.15, 0.2) is 30.6 Å². The fourth-order valence-corrected chi connectivity index (χ4v) is 3.59. The number of halogens is 4. The van der Waals surface area contributed by atoms with Gasteiger partial charge in [0.1, 0.15) is 18.1 Å². The molecular weight excluding hydrogens is 479 g/mol. The van der Waals surface area contributed by atoms with Gasteiger partial charge in [0.15, 0.2) is 11.6 Å². The Morgan fingerprint density at radius 3 is 2.41 bits per heavy atom. The van der Waals surface area contributed by atoms with Gasteiger partial charge in [0.05, 0.1) is 19.8 Å². The summed E-state index contributed by atoms with van der Waals surface area (Å²) >= 11 is 6.01. The molecule has 13 heteroatoms. The van der Waals surface area contributed by atoms with E-state index in [1.165, 1.54) is 0 Å². The second kappa shape index (κ2) is 10.9. The number of alkyl halides is 3. The van der Waals surface area contributed by atoms with Crippen LogP contribution in [0.2, 0.25) is 5.02 Å². The first-order chi connectivity index (χ1) is 16.1. The lowest BCUT2D eigenvalue weighted by atomic mass is 10.1. The maximum Gasteiger partial charge on any atom is 0.490 e. The molecule has 1 fully saturated rings. The minimum atomic E-state index is -5.08. The van der Waals surface area contributed by atoms with Gasteiger partial charge in [0.2, 0.25) is 5.91 Å². The quantitative estimate of drug-likeness (QED) is 0.657. The number of amides is 1. The van der Waals surface area contributed by atoms with Crippen molar-refractivity contribution < 1.29 is 32.6 Å². The summed E-state index contributed by atoms with van der Waals surface area (Å²) in [6.07, 6.45) is -2.84. The van der Waals surface area contributed by atoms with Crippen LogP contribution < -0.4 is 15.1 Å². The van der Waals surface area contributed by atoms with Gasteiger partial charge in [-0.25, -0.2) is 14.8 Å². The average molecular weight is 502 g/mol. The second-order valence-electron chi connectivity index (χ2n) is 7.45. The third-order valence-electron chi connectivity index (χ3n) is 5.16. The van der Waals surface area contributed by atoms with Crippen LogP contribution >= 0.6 is 11.6 Å². The van der Waals surface area contributed by atoms with Crippen LogP contribution in [0.1, 0.15) is 18.9 Å². The number of anilines is 3. The Kier molecular flexibility index (Phi) is 8.15. The number of nitrogens with one attached hydrogen (secondary N) is 1. The van der Waals surface area contributed by atoms with E-state index in [1.807, 2.05) is 31.2 Å². The van der Waals surface area contributed by atoms with Gasteiger partial charge in [-0.2, -0.15) is 13.2 Å². The third kappa shape index (κ3) is 6.06. The van der Waals surface area contributed by atoms with Crippen LogP contribution in [0.5, 0.6) is 0 Å². The molecule has 1 atom stereocenters. The van der Waals surface area contributed by atoms with Gasteiger partial charge in [0.25, 0.3) is 0 Å². The van der Waals surface area contributed by atoms with E-state index < -0.39 is 12.1 Å². The zero-order valence-corrected chi connectivity index (χ0v) is 18.9. The molecule has 2 aliphatic heterocycles. The second-order valence-corrected chi connectivity index (χ2v) is 7.89. The molecule has 1 amide bonds. The van der Waals surface area contributed by atoms with Crippen LogP contribution in [-0.4, -0.2) is 65.5 Å². The van der Waals surface area contributed by atoms with Gasteiger partial charge in [-0.15, -0.1) is 0 Å². The van der Waals surface area contributed by atoms with Gasteiger partial charge < -0.3 is 20.1 Å². The highest BCUT2D eigenvalue weighted by Crippen LogP contribution is 2.38. The molecule has 1 unspecified atom stereocenters. The highest BCUT2D eigenvalue weighted by Gasteiger charge is 2.38. The molecule has 1 aromatic carbocycles. The first-order valence-corrected chi connectivity index (χ1v) is 10.8. The van der Waals surface area contributed by atoms with Crippen molar-refractivity contribution in [3.05, 3.63) is 41.2 Å². The Morgan fingerprint density at radius 1 is 1.24 bits per heavy atom. The molecule has 4 rings (SSSR count). The fraction of sp³-hybridized carbons (Fsp3) is 0.429. The number of carboxylic acids is 1. The van der Waals surface area contributed by atoms with Crippen LogP contribution in [0.3, 0.4) is 0 Å². The molecule has 2 N–H and O–H groups in total. The largest absolute Gasteiger partial charge is 0.490 e. The van der Waals surface area contributed by atoms with Crippen LogP contribution in [0.25, 0.3) is 0 Å². The van der Waals surface area contributed by atoms with Gasteiger partial charge in [-0.3, -0.25) is 9.69 Å². The summed E-state index contributed by atoms with van der Waals surface area (Å²) in [7, 11) is 0. The highest BCUT2D eigenvalue weighted by atomic mass is 35.5. The van der Waals surface area contributed by atoms with Crippen molar-refractivity contribution in [2.24, 2.45) is 0 Å². The molecule has 0 bridgehead atoms. The first-order valence-electron chi connectivity index (χ1n) is 10.4. The number of carbonyl (C=O) groups is 2. The fourth-order valence-electron chi connectivity index (χ4n) is 3.46. The summed E-state index contributed by atoms with van der Waals surface area (Å²) in [5.41, 5.74) is 1.75. The Labute approximate surface area is 198 Å². The summed E-state index contributed by atoms with van der Waals surface area (Å²) in [6.45, 7) is 5.22. The van der Waals surface area contributed by atoms with E-state index in [1.54, 1.807) is 11.2 Å². The molecule has 0 spiro atoms. The molecule has 9 nitrogen and oxygen atoms in total. The molecule has 2 aromatic rings. The van der Waals surface area contributed by atoms with E-state index in [0.29, 0.717) is 37.0 Å². The number of aliphatic carboxylic acids is 1. The number of carboxylic acid groups (broad SMARTS) is 1. The number of benzene rings is 1. The Hall–Kier alpha value is -3.12. The minimum Gasteiger partial charge on any atom is -0.475 e. The zero-order valence-electron chi connectivity index (χ0n) is 18.2. The Morgan fingerprint density at radius 2 is 1.85 bits per heavy atom. The molecule has 3 heterocycles. The van der Waals surface area contributed by atoms with Crippen LogP contribution in [0, 0.1) is 0 Å². The van der Waals surface area contributed by atoms with E-state index in [4.69, 9.17) is 26.2 Å². The van der Waals surface area contributed by atoms with Crippen LogP contribution in [0.4, 0.5) is 30.5 Å². The Bertz CT molecular complexity index is 1020. The minimum absolute atomic E-state index is 0.0317. The van der Waals surface area contributed by atoms with Crippen molar-refractivity contribution in [2.75, 3.05) is 41.4 Å². The van der Waals surface area contributed by atoms with Crippen molar-refractivity contribution in [3.8, 4) is 0 Å². The molecule has 1 aromatic heterocycles. The SMILES string of the molecule is CCC1Nc2ncnc(N3CCOCC3)c2N(Cc2ccc(Cl)cc2)C1=O.O=C(O)C(F)(F)F. The smallest absolute Gasteiger partial charge is 0.475 e. The zero-order chi connectivity index (χ0) is 24.9. The topological polar surface area (TPSA) is 108 Å². The third-order valence-corrected chi connectivity index (χ3v) is 5.42. The van der Waals surface area contributed by atoms with Crippen molar-refractivity contribution in [1.29, 1.82) is 0 Å². The van der Waals surface area contributed by atoms with E-state index >= 15 is 0 Å². The summed E-state index contributed by atoms with van der Waals surface area (Å²) in [4.78, 5) is 34.9. The lowest BCUT2D eigenvalue weighted by Crippen LogP contribution is -2.48. The first kappa shape index (κ1) is 25.5. The van der Waals surface area contributed by atoms with Crippen molar-refractivity contribution >= 4 is 40.8 Å². The lowest BCUT2D eigenvalue weighted by molar-refractivity contribution is -0.192. The number of morpholine rings is 1. The normalized spacial score (nSPS) is 17.9. The van der Waals surface area contributed by atoms with Crippen LogP contribution in [-0.2, 0) is 20.9 Å². The maximum absolute atomic E-state index is 13.2. The number of fused-ring (bicyclic) bond motifs is 1. The number of hydrogen-bond donors (Lipinski definition) is 2. The summed E-state index contributed by atoms with van der Waals surface area (Å²) in [5.74, 6) is -1.25. The maximum atomic E-state index is 13.2. The Balaban J connectivity index is 0.000000406. The molecule has 1 saturated heterocycles. The molecule has 0 saturated carbocycles. The predicted octanol–water partition coefficient (Wildman–Crippen LogP) is 3.34. The summed E-state index contributed by atoms with van der Waals surface area (Å²) < 4.78 is 37.2. The molecular formula is C21H23ClF3N5O4. The molecule has 0 radical (unpaired) electrons. The number of rotatable bonds is 4. The van der Waals surface area contributed by atoms with Gasteiger partial charge in [-0.1, -0.05) is 30.7 Å². The molecule has 2 aliphatic rings. The molecule has 184 valence electrons. The number of carbonyl (C=O) groups excluding carboxylic acids is 1. The highest BCUT2D eigenvalue weighted by molar-refractivity contribution is 6.30. The number of aromatic nitrogens is 2. The lowest BCUT2D eigenvalue weighted by Gasteiger charge is -2.38. The molecule has 34 heavy (non-hydrogen) atoms. The molecule has 0 aliphatic carbocycles.